The highest BCUT2D eigenvalue weighted by Crippen LogP contribution is 2.30. The number of nitriles is 1. The monoisotopic (exact) mass is 292 g/mol. The first kappa shape index (κ1) is 14.1. The van der Waals surface area contributed by atoms with Gasteiger partial charge in [-0.1, -0.05) is 0 Å². The summed E-state index contributed by atoms with van der Waals surface area (Å²) >= 11 is 0. The molecule has 22 heavy (non-hydrogen) atoms. The maximum atomic E-state index is 11.9. The van der Waals surface area contributed by atoms with Crippen LogP contribution in [0, 0.1) is 11.3 Å². The van der Waals surface area contributed by atoms with Crippen molar-refractivity contribution in [1.82, 2.24) is 4.98 Å². The van der Waals surface area contributed by atoms with Crippen LogP contribution < -0.4 is 10.2 Å². The van der Waals surface area contributed by atoms with Crippen LogP contribution in [0.25, 0.3) is 0 Å². The van der Waals surface area contributed by atoms with E-state index in [2.05, 4.69) is 16.4 Å². The smallest absolute Gasteiger partial charge is 0.227 e. The summed E-state index contributed by atoms with van der Waals surface area (Å²) in [4.78, 5) is 17.9. The Labute approximate surface area is 129 Å². The van der Waals surface area contributed by atoms with Gasteiger partial charge in [-0.2, -0.15) is 5.26 Å². The first-order chi connectivity index (χ1) is 10.7. The third-order valence-electron chi connectivity index (χ3n) is 3.76. The highest BCUT2D eigenvalue weighted by Gasteiger charge is 2.22. The van der Waals surface area contributed by atoms with Crippen molar-refractivity contribution in [3.63, 3.8) is 0 Å². The lowest BCUT2D eigenvalue weighted by molar-refractivity contribution is -0.118. The zero-order chi connectivity index (χ0) is 15.5. The number of anilines is 3. The summed E-state index contributed by atoms with van der Waals surface area (Å²) < 4.78 is 0. The third kappa shape index (κ3) is 2.63. The van der Waals surface area contributed by atoms with Crippen LogP contribution in [0.3, 0.4) is 0 Å². The Balaban J connectivity index is 1.84. The quantitative estimate of drug-likeness (QED) is 0.944. The van der Waals surface area contributed by atoms with E-state index < -0.39 is 0 Å². The number of rotatable bonds is 3. The van der Waals surface area contributed by atoms with E-state index in [1.165, 1.54) is 11.8 Å². The number of aromatic nitrogens is 1. The van der Waals surface area contributed by atoms with Gasteiger partial charge >= 0.3 is 0 Å². The molecule has 0 atom stereocenters. The van der Waals surface area contributed by atoms with Crippen LogP contribution in [0.5, 0.6) is 0 Å². The van der Waals surface area contributed by atoms with Crippen LogP contribution in [0.15, 0.2) is 36.5 Å². The van der Waals surface area contributed by atoms with Crippen molar-refractivity contribution in [3.05, 3.63) is 47.7 Å². The summed E-state index contributed by atoms with van der Waals surface area (Å²) in [6, 6.07) is 11.5. The third-order valence-corrected chi connectivity index (χ3v) is 3.76. The summed E-state index contributed by atoms with van der Waals surface area (Å²) in [6.45, 7) is 2.68. The minimum absolute atomic E-state index is 0.185. The molecule has 2 heterocycles. The van der Waals surface area contributed by atoms with Crippen molar-refractivity contribution in [3.8, 4) is 6.07 Å². The van der Waals surface area contributed by atoms with E-state index in [1.807, 2.05) is 30.0 Å². The number of nitrogens with zero attached hydrogens (tertiary/aromatic N) is 3. The maximum absolute atomic E-state index is 11.9. The SMILES string of the molecule is CCN1C(=O)CCc2cc(Nc3ccc(C#N)cn3)ccc21. The summed E-state index contributed by atoms with van der Waals surface area (Å²) in [6.07, 6.45) is 2.86. The van der Waals surface area contributed by atoms with Crippen LogP contribution in [0.4, 0.5) is 17.2 Å². The molecule has 0 radical (unpaired) electrons. The predicted molar refractivity (Wildman–Crippen MR) is 85.0 cm³/mol. The molecule has 0 fully saturated rings. The van der Waals surface area contributed by atoms with Gasteiger partial charge in [-0.15, -0.1) is 0 Å². The van der Waals surface area contributed by atoms with Crippen molar-refractivity contribution < 1.29 is 4.79 Å². The number of amides is 1. The average Bonchev–Trinajstić information content (AvgIpc) is 2.55. The van der Waals surface area contributed by atoms with Crippen LogP contribution >= 0.6 is 0 Å². The van der Waals surface area contributed by atoms with E-state index >= 15 is 0 Å². The largest absolute Gasteiger partial charge is 0.340 e. The van der Waals surface area contributed by atoms with Gasteiger partial charge in [0.25, 0.3) is 0 Å². The van der Waals surface area contributed by atoms with Gasteiger partial charge in [-0.05, 0) is 49.2 Å². The van der Waals surface area contributed by atoms with Gasteiger partial charge in [0.2, 0.25) is 5.91 Å². The number of fused-ring (bicyclic) bond motifs is 1. The molecule has 3 rings (SSSR count). The second-order valence-electron chi connectivity index (χ2n) is 5.15. The lowest BCUT2D eigenvalue weighted by Crippen LogP contribution is -2.34. The Bertz CT molecular complexity index is 746. The number of pyridine rings is 1. The first-order valence-electron chi connectivity index (χ1n) is 7.27. The molecule has 1 amide bonds. The summed E-state index contributed by atoms with van der Waals surface area (Å²) in [5.74, 6) is 0.877. The molecule has 1 aliphatic heterocycles. The molecule has 5 nitrogen and oxygen atoms in total. The summed E-state index contributed by atoms with van der Waals surface area (Å²) in [5.41, 5.74) is 3.63. The number of carbonyl (C=O) groups is 1. The second kappa shape index (κ2) is 5.86. The highest BCUT2D eigenvalue weighted by atomic mass is 16.2. The number of aryl methyl sites for hydroxylation is 1. The van der Waals surface area contributed by atoms with E-state index in [4.69, 9.17) is 5.26 Å². The zero-order valence-corrected chi connectivity index (χ0v) is 12.3. The lowest BCUT2D eigenvalue weighted by atomic mass is 10.0. The Morgan fingerprint density at radius 2 is 2.18 bits per heavy atom. The number of carbonyl (C=O) groups excluding carboxylic acids is 1. The molecule has 0 saturated heterocycles. The summed E-state index contributed by atoms with van der Waals surface area (Å²) in [5, 5.41) is 12.0. The van der Waals surface area contributed by atoms with E-state index in [1.54, 1.807) is 12.1 Å². The Morgan fingerprint density at radius 3 is 2.86 bits per heavy atom. The van der Waals surface area contributed by atoms with E-state index in [-0.39, 0.29) is 5.91 Å². The van der Waals surface area contributed by atoms with Crippen LogP contribution in [-0.2, 0) is 11.2 Å². The molecule has 5 heteroatoms. The molecule has 0 bridgehead atoms. The van der Waals surface area contributed by atoms with Crippen molar-refractivity contribution in [2.45, 2.75) is 19.8 Å². The molecule has 0 unspecified atom stereocenters. The van der Waals surface area contributed by atoms with Crippen molar-refractivity contribution in [2.75, 3.05) is 16.8 Å². The van der Waals surface area contributed by atoms with Crippen molar-refractivity contribution >= 4 is 23.1 Å². The first-order valence-corrected chi connectivity index (χ1v) is 7.27. The van der Waals surface area contributed by atoms with Crippen LogP contribution in [-0.4, -0.2) is 17.4 Å². The fraction of sp³-hybridized carbons (Fsp3) is 0.235. The molecule has 1 N–H and O–H groups in total. The number of benzene rings is 1. The topological polar surface area (TPSA) is 69.0 Å². The fourth-order valence-electron chi connectivity index (χ4n) is 2.67. The van der Waals surface area contributed by atoms with Gasteiger partial charge in [-0.25, -0.2) is 4.98 Å². The predicted octanol–water partition coefficient (Wildman–Crippen LogP) is 3.00. The lowest BCUT2D eigenvalue weighted by Gasteiger charge is -2.28. The number of hydrogen-bond acceptors (Lipinski definition) is 4. The Kier molecular flexibility index (Phi) is 3.75. The zero-order valence-electron chi connectivity index (χ0n) is 12.3. The van der Waals surface area contributed by atoms with Gasteiger partial charge < -0.3 is 10.2 Å². The minimum Gasteiger partial charge on any atom is -0.340 e. The highest BCUT2D eigenvalue weighted by molar-refractivity contribution is 5.96. The molecule has 1 aromatic carbocycles. The molecule has 1 aromatic heterocycles. The number of hydrogen-bond donors (Lipinski definition) is 1. The minimum atomic E-state index is 0.185. The van der Waals surface area contributed by atoms with E-state index in [0.717, 1.165) is 17.8 Å². The van der Waals surface area contributed by atoms with Crippen molar-refractivity contribution in [2.24, 2.45) is 0 Å². The van der Waals surface area contributed by atoms with Crippen LogP contribution in [0.1, 0.15) is 24.5 Å². The Morgan fingerprint density at radius 1 is 1.32 bits per heavy atom. The average molecular weight is 292 g/mol. The molecule has 2 aromatic rings. The van der Waals surface area contributed by atoms with E-state index in [0.29, 0.717) is 24.3 Å². The molecule has 0 saturated carbocycles. The summed E-state index contributed by atoms with van der Waals surface area (Å²) in [7, 11) is 0. The van der Waals surface area contributed by atoms with Gasteiger partial charge in [-0.3, -0.25) is 4.79 Å². The molecular weight excluding hydrogens is 276 g/mol. The standard InChI is InChI=1S/C17H16N4O/c1-2-21-15-6-5-14(9-13(15)4-8-17(21)22)20-16-7-3-12(10-18)11-19-16/h3,5-7,9,11H,2,4,8H2,1H3,(H,19,20). The Hall–Kier alpha value is -2.87. The van der Waals surface area contributed by atoms with E-state index in [9.17, 15) is 4.79 Å². The number of nitrogens with one attached hydrogen (secondary N) is 1. The molecule has 1 aliphatic rings. The van der Waals surface area contributed by atoms with Crippen molar-refractivity contribution in [1.29, 1.82) is 5.26 Å². The second-order valence-corrected chi connectivity index (χ2v) is 5.15. The maximum Gasteiger partial charge on any atom is 0.227 e. The normalized spacial score (nSPS) is 13.5. The van der Waals surface area contributed by atoms with Gasteiger partial charge in [0.15, 0.2) is 0 Å². The van der Waals surface area contributed by atoms with Gasteiger partial charge in [0, 0.05) is 30.5 Å². The molecule has 0 aliphatic carbocycles. The fourth-order valence-corrected chi connectivity index (χ4v) is 2.67. The molecule has 0 spiro atoms. The van der Waals surface area contributed by atoms with Gasteiger partial charge in [0.05, 0.1) is 5.56 Å². The molecule has 110 valence electrons. The van der Waals surface area contributed by atoms with Gasteiger partial charge in [0.1, 0.15) is 11.9 Å². The van der Waals surface area contributed by atoms with Crippen LogP contribution in [0.2, 0.25) is 0 Å². The molecular formula is C17H16N4O.